The molecule has 0 spiro atoms. The van der Waals surface area contributed by atoms with Gasteiger partial charge in [0.1, 0.15) is 11.4 Å². The molecule has 17 heavy (non-hydrogen) atoms. The summed E-state index contributed by atoms with van der Waals surface area (Å²) >= 11 is 6.20. The van der Waals surface area contributed by atoms with Crippen LogP contribution < -0.4 is 0 Å². The predicted octanol–water partition coefficient (Wildman–Crippen LogP) is 2.02. The first-order valence-electron chi connectivity index (χ1n) is 4.16. The second kappa shape index (κ2) is 4.49. The van der Waals surface area contributed by atoms with E-state index in [2.05, 4.69) is 47.0 Å². The molecule has 0 saturated heterocycles. The number of rotatable bonds is 2. The summed E-state index contributed by atoms with van der Waals surface area (Å²) < 4.78 is 13.7. The molecule has 1 N–H and O–H groups in total. The smallest absolute Gasteiger partial charge is 0.339 e. The third kappa shape index (κ3) is 2.34. The predicted molar refractivity (Wildman–Crippen MR) is 61.5 cm³/mol. The zero-order valence-corrected chi connectivity index (χ0v) is 11.1. The van der Waals surface area contributed by atoms with Crippen LogP contribution in [-0.2, 0) is 0 Å². The Balaban J connectivity index is 2.62. The molecular weight excluding hydrogens is 363 g/mol. The van der Waals surface area contributed by atoms with Gasteiger partial charge in [-0.3, -0.25) is 0 Å². The Hall–Kier alpha value is -1.35. The molecule has 88 valence electrons. The lowest BCUT2D eigenvalue weighted by Gasteiger charge is -2.02. The molecule has 0 amide bonds. The second-order valence-corrected chi connectivity index (χ2v) is 4.40. The minimum atomic E-state index is -1.31. The number of aromatic carboxylic acids is 1. The summed E-state index contributed by atoms with van der Waals surface area (Å²) in [5.41, 5.74) is -0.319. The summed E-state index contributed by atoms with van der Waals surface area (Å²) in [6.07, 6.45) is 0.896. The van der Waals surface area contributed by atoms with Crippen molar-refractivity contribution in [3.8, 4) is 5.82 Å². The number of hydrogen-bond donors (Lipinski definition) is 1. The van der Waals surface area contributed by atoms with Crippen LogP contribution in [0.5, 0.6) is 0 Å². The fourth-order valence-corrected chi connectivity index (χ4v) is 1.57. The van der Waals surface area contributed by atoms with Crippen LogP contribution >= 0.6 is 31.9 Å². The van der Waals surface area contributed by atoms with E-state index in [1.54, 1.807) is 0 Å². The Morgan fingerprint density at radius 3 is 2.47 bits per heavy atom. The molecule has 2 rings (SSSR count). The Labute approximate surface area is 111 Å². The lowest BCUT2D eigenvalue weighted by atomic mass is 10.2. The highest BCUT2D eigenvalue weighted by atomic mass is 79.9. The summed E-state index contributed by atoms with van der Waals surface area (Å²) in [7, 11) is 0. The fraction of sp³-hybridized carbons (Fsp3) is 0. The zero-order chi connectivity index (χ0) is 12.6. The number of carbonyl (C=O) groups is 1. The third-order valence-electron chi connectivity index (χ3n) is 1.79. The Kier molecular flexibility index (Phi) is 3.20. The van der Waals surface area contributed by atoms with Gasteiger partial charge in [0.2, 0.25) is 0 Å². The molecule has 0 aliphatic rings. The van der Waals surface area contributed by atoms with Crippen LogP contribution in [0.15, 0.2) is 21.5 Å². The molecule has 0 fully saturated rings. The van der Waals surface area contributed by atoms with E-state index in [0.29, 0.717) is 9.21 Å². The van der Waals surface area contributed by atoms with E-state index in [4.69, 9.17) is 5.11 Å². The van der Waals surface area contributed by atoms with Gasteiger partial charge in [-0.25, -0.2) is 14.2 Å². The molecule has 0 saturated carbocycles. The minimum Gasteiger partial charge on any atom is -0.478 e. The van der Waals surface area contributed by atoms with Crippen LogP contribution in [0.3, 0.4) is 0 Å². The molecule has 0 bridgehead atoms. The zero-order valence-electron chi connectivity index (χ0n) is 7.93. The SMILES string of the molecule is O=C(O)c1cc(F)cnc1-n1nc(Br)c(Br)n1. The van der Waals surface area contributed by atoms with E-state index in [1.807, 2.05) is 0 Å². The van der Waals surface area contributed by atoms with Gasteiger partial charge < -0.3 is 5.11 Å². The summed E-state index contributed by atoms with van der Waals surface area (Å²) in [6, 6.07) is 0.857. The first kappa shape index (κ1) is 12.1. The van der Waals surface area contributed by atoms with Gasteiger partial charge in [-0.2, -0.15) is 0 Å². The maximum Gasteiger partial charge on any atom is 0.339 e. The van der Waals surface area contributed by atoms with Gasteiger partial charge in [-0.05, 0) is 37.9 Å². The van der Waals surface area contributed by atoms with Crippen molar-refractivity contribution in [1.82, 2.24) is 20.0 Å². The largest absolute Gasteiger partial charge is 0.478 e. The van der Waals surface area contributed by atoms with Crippen molar-refractivity contribution in [2.75, 3.05) is 0 Å². The highest BCUT2D eigenvalue weighted by Crippen LogP contribution is 2.20. The molecule has 0 unspecified atom stereocenters. The van der Waals surface area contributed by atoms with Gasteiger partial charge >= 0.3 is 5.97 Å². The van der Waals surface area contributed by atoms with E-state index in [0.717, 1.165) is 17.1 Å². The first-order valence-corrected chi connectivity index (χ1v) is 5.75. The van der Waals surface area contributed by atoms with E-state index >= 15 is 0 Å². The first-order chi connectivity index (χ1) is 7.99. The lowest BCUT2D eigenvalue weighted by Crippen LogP contribution is -2.10. The lowest BCUT2D eigenvalue weighted by molar-refractivity contribution is 0.0695. The molecule has 0 radical (unpaired) electrons. The molecular formula is C8H3Br2FN4O2. The molecule has 2 aromatic heterocycles. The van der Waals surface area contributed by atoms with E-state index in [9.17, 15) is 9.18 Å². The summed E-state index contributed by atoms with van der Waals surface area (Å²) in [5.74, 6) is -2.11. The Bertz CT molecular complexity index is 582. The average molecular weight is 366 g/mol. The van der Waals surface area contributed by atoms with Gasteiger partial charge in [0.15, 0.2) is 15.0 Å². The molecule has 2 aromatic rings. The summed E-state index contributed by atoms with van der Waals surface area (Å²) in [4.78, 5) is 15.6. The van der Waals surface area contributed by atoms with Crippen LogP contribution in [0, 0.1) is 5.82 Å². The molecule has 0 aliphatic heterocycles. The standard InChI is InChI=1S/C8H3Br2FN4O2/c9-5-6(10)14-15(13-5)7-4(8(16)17)1-3(11)2-12-7/h1-2H,(H,16,17). The number of pyridine rings is 1. The number of halogens is 3. The molecule has 0 aromatic carbocycles. The van der Waals surface area contributed by atoms with Crippen LogP contribution in [0.4, 0.5) is 4.39 Å². The number of carboxylic acids is 1. The second-order valence-electron chi connectivity index (χ2n) is 2.90. The molecule has 6 nitrogen and oxygen atoms in total. The van der Waals surface area contributed by atoms with Crippen molar-refractivity contribution in [3.63, 3.8) is 0 Å². The van der Waals surface area contributed by atoms with Gasteiger partial charge in [-0.1, -0.05) is 0 Å². The normalized spacial score (nSPS) is 10.5. The monoisotopic (exact) mass is 364 g/mol. The minimum absolute atomic E-state index is 0.0645. The van der Waals surface area contributed by atoms with Crippen molar-refractivity contribution >= 4 is 37.8 Å². The van der Waals surface area contributed by atoms with Crippen molar-refractivity contribution in [1.29, 1.82) is 0 Å². The van der Waals surface area contributed by atoms with Crippen molar-refractivity contribution in [2.45, 2.75) is 0 Å². The number of aromatic nitrogens is 4. The van der Waals surface area contributed by atoms with Crippen molar-refractivity contribution in [2.24, 2.45) is 0 Å². The summed E-state index contributed by atoms with van der Waals surface area (Å²) in [6.45, 7) is 0. The van der Waals surface area contributed by atoms with Gasteiger partial charge in [0, 0.05) is 0 Å². The van der Waals surface area contributed by atoms with Gasteiger partial charge in [0.05, 0.1) is 6.20 Å². The van der Waals surface area contributed by atoms with Crippen LogP contribution in [0.1, 0.15) is 10.4 Å². The number of hydrogen-bond acceptors (Lipinski definition) is 4. The fourth-order valence-electron chi connectivity index (χ4n) is 1.11. The molecule has 2 heterocycles. The Morgan fingerprint density at radius 1 is 1.35 bits per heavy atom. The number of nitrogens with zero attached hydrogens (tertiary/aromatic N) is 4. The van der Waals surface area contributed by atoms with E-state index in [1.165, 1.54) is 0 Å². The van der Waals surface area contributed by atoms with Crippen LogP contribution in [0.25, 0.3) is 5.82 Å². The van der Waals surface area contributed by atoms with E-state index in [-0.39, 0.29) is 11.4 Å². The van der Waals surface area contributed by atoms with Gasteiger partial charge in [0.25, 0.3) is 0 Å². The van der Waals surface area contributed by atoms with Crippen LogP contribution in [-0.4, -0.2) is 31.1 Å². The summed E-state index contributed by atoms with van der Waals surface area (Å²) in [5, 5.41) is 16.7. The van der Waals surface area contributed by atoms with E-state index < -0.39 is 11.8 Å². The van der Waals surface area contributed by atoms with Crippen LogP contribution in [0.2, 0.25) is 0 Å². The highest BCUT2D eigenvalue weighted by Gasteiger charge is 2.17. The van der Waals surface area contributed by atoms with Gasteiger partial charge in [-0.15, -0.1) is 15.0 Å². The maximum absolute atomic E-state index is 12.9. The van der Waals surface area contributed by atoms with Crippen molar-refractivity contribution in [3.05, 3.63) is 32.9 Å². The highest BCUT2D eigenvalue weighted by molar-refractivity contribution is 9.13. The molecule has 9 heteroatoms. The maximum atomic E-state index is 12.9. The third-order valence-corrected chi connectivity index (χ3v) is 3.39. The number of carboxylic acid groups (broad SMARTS) is 1. The van der Waals surface area contributed by atoms with Crippen molar-refractivity contribution < 1.29 is 14.3 Å². The molecule has 0 atom stereocenters. The Morgan fingerprint density at radius 2 is 1.94 bits per heavy atom. The quantitative estimate of drug-likeness (QED) is 0.880. The topological polar surface area (TPSA) is 80.9 Å². The molecule has 0 aliphatic carbocycles. The average Bonchev–Trinajstić information content (AvgIpc) is 2.59.